The van der Waals surface area contributed by atoms with Crippen LogP contribution in [-0.4, -0.2) is 48.8 Å². The van der Waals surface area contributed by atoms with Crippen molar-refractivity contribution in [3.63, 3.8) is 0 Å². The predicted molar refractivity (Wildman–Crippen MR) is 140 cm³/mol. The van der Waals surface area contributed by atoms with Crippen LogP contribution in [0.4, 0.5) is 10.8 Å². The first-order valence-electron chi connectivity index (χ1n) is 11.0. The second-order valence-electron chi connectivity index (χ2n) is 7.39. The van der Waals surface area contributed by atoms with Crippen LogP contribution in [-0.2, 0) is 20.7 Å². The maximum Gasteiger partial charge on any atom is 0.311 e. The summed E-state index contributed by atoms with van der Waals surface area (Å²) >= 11 is 2.62. The smallest absolute Gasteiger partial charge is 0.311 e. The van der Waals surface area contributed by atoms with Crippen molar-refractivity contribution in [3.05, 3.63) is 59.1 Å². The molecule has 11 heteroatoms. The minimum Gasteiger partial charge on any atom is -0.496 e. The highest BCUT2D eigenvalue weighted by Crippen LogP contribution is 2.30. The van der Waals surface area contributed by atoms with Crippen LogP contribution in [0.15, 0.2) is 52.7 Å². The Bertz CT molecular complexity index is 1190. The average Bonchev–Trinajstić information content (AvgIpc) is 3.30. The third kappa shape index (κ3) is 7.22. The Morgan fingerprint density at radius 3 is 2.31 bits per heavy atom. The standard InChI is InChI=1S/C25H27N3O6S2/c1-5-34-21(29)13-17-14-35-25(27-17)28-23(30)15(2)36-18-11-9-16(10-12-18)26-24(31)22-19(32-3)7-6-8-20(22)33-4/h6-12,14-15H,5,13H2,1-4H3,(H,26,31)(H,27,28,30). The molecule has 0 saturated carbocycles. The van der Waals surface area contributed by atoms with Crippen LogP contribution in [0.1, 0.15) is 29.9 Å². The molecule has 0 aliphatic carbocycles. The van der Waals surface area contributed by atoms with E-state index in [4.69, 9.17) is 14.2 Å². The molecule has 0 aliphatic rings. The van der Waals surface area contributed by atoms with E-state index in [9.17, 15) is 14.4 Å². The highest BCUT2D eigenvalue weighted by atomic mass is 32.2. The van der Waals surface area contributed by atoms with Gasteiger partial charge in [-0.15, -0.1) is 23.1 Å². The molecule has 1 heterocycles. The van der Waals surface area contributed by atoms with Gasteiger partial charge in [-0.05, 0) is 50.2 Å². The van der Waals surface area contributed by atoms with Gasteiger partial charge in [-0.3, -0.25) is 14.4 Å². The Morgan fingerprint density at radius 1 is 1.03 bits per heavy atom. The average molecular weight is 530 g/mol. The molecule has 0 bridgehead atoms. The molecule has 0 radical (unpaired) electrons. The molecule has 36 heavy (non-hydrogen) atoms. The zero-order valence-corrected chi connectivity index (χ0v) is 22.0. The molecular formula is C25H27N3O6S2. The van der Waals surface area contributed by atoms with E-state index in [-0.39, 0.29) is 24.2 Å². The summed E-state index contributed by atoms with van der Waals surface area (Å²) in [5, 5.41) is 7.37. The minimum atomic E-state index is -0.402. The van der Waals surface area contributed by atoms with Crippen LogP contribution >= 0.6 is 23.1 Å². The molecule has 2 aromatic carbocycles. The van der Waals surface area contributed by atoms with Gasteiger partial charge in [0, 0.05) is 16.0 Å². The fourth-order valence-electron chi connectivity index (χ4n) is 3.16. The number of thiazole rings is 1. The Labute approximate surface area is 217 Å². The summed E-state index contributed by atoms with van der Waals surface area (Å²) in [6, 6.07) is 12.3. The number of esters is 1. The first kappa shape index (κ1) is 27.0. The van der Waals surface area contributed by atoms with Crippen LogP contribution in [0.2, 0.25) is 0 Å². The van der Waals surface area contributed by atoms with E-state index in [0.717, 1.165) is 4.90 Å². The summed E-state index contributed by atoms with van der Waals surface area (Å²) in [6.45, 7) is 3.84. The van der Waals surface area contributed by atoms with Crippen molar-refractivity contribution in [3.8, 4) is 11.5 Å². The van der Waals surface area contributed by atoms with Crippen LogP contribution in [0.25, 0.3) is 0 Å². The molecule has 1 aromatic heterocycles. The minimum absolute atomic E-state index is 0.0667. The number of carbonyl (C=O) groups excluding carboxylic acids is 3. The van der Waals surface area contributed by atoms with Crippen LogP contribution in [0.3, 0.4) is 0 Å². The number of amides is 2. The van der Waals surface area contributed by atoms with Gasteiger partial charge in [-0.2, -0.15) is 0 Å². The molecule has 9 nitrogen and oxygen atoms in total. The van der Waals surface area contributed by atoms with E-state index in [1.807, 2.05) is 12.1 Å². The summed E-state index contributed by atoms with van der Waals surface area (Å²) in [7, 11) is 2.98. The molecular weight excluding hydrogens is 502 g/mol. The number of hydrogen-bond donors (Lipinski definition) is 2. The summed E-state index contributed by atoms with van der Waals surface area (Å²) < 4.78 is 15.5. The summed E-state index contributed by atoms with van der Waals surface area (Å²) in [6.07, 6.45) is 0.0667. The second-order valence-corrected chi connectivity index (χ2v) is 9.66. The topological polar surface area (TPSA) is 116 Å². The number of methoxy groups -OCH3 is 2. The normalized spacial score (nSPS) is 11.3. The highest BCUT2D eigenvalue weighted by Gasteiger charge is 2.19. The van der Waals surface area contributed by atoms with Gasteiger partial charge in [0.1, 0.15) is 17.1 Å². The Morgan fingerprint density at radius 2 is 1.69 bits per heavy atom. The molecule has 3 rings (SSSR count). The Balaban J connectivity index is 1.56. The van der Waals surface area contributed by atoms with Gasteiger partial charge in [0.2, 0.25) is 5.91 Å². The lowest BCUT2D eigenvalue weighted by Crippen LogP contribution is -2.22. The first-order valence-corrected chi connectivity index (χ1v) is 12.8. The number of nitrogens with one attached hydrogen (secondary N) is 2. The number of benzene rings is 2. The second kappa shape index (κ2) is 12.9. The number of hydrogen-bond acceptors (Lipinski definition) is 9. The maximum absolute atomic E-state index is 12.8. The van der Waals surface area contributed by atoms with Gasteiger partial charge in [-0.1, -0.05) is 6.07 Å². The van der Waals surface area contributed by atoms with E-state index in [0.29, 0.717) is 40.2 Å². The Hall–Kier alpha value is -3.57. The number of nitrogens with zero attached hydrogens (tertiary/aromatic N) is 1. The van der Waals surface area contributed by atoms with Gasteiger partial charge < -0.3 is 24.8 Å². The molecule has 3 aromatic rings. The van der Waals surface area contributed by atoms with E-state index < -0.39 is 5.25 Å². The van der Waals surface area contributed by atoms with Crippen LogP contribution in [0, 0.1) is 0 Å². The molecule has 2 N–H and O–H groups in total. The van der Waals surface area contributed by atoms with Crippen molar-refractivity contribution < 1.29 is 28.6 Å². The molecule has 0 spiro atoms. The summed E-state index contributed by atoms with van der Waals surface area (Å²) in [5.41, 5.74) is 1.45. The summed E-state index contributed by atoms with van der Waals surface area (Å²) in [5.74, 6) is -0.105. The molecule has 190 valence electrons. The largest absolute Gasteiger partial charge is 0.496 e. The summed E-state index contributed by atoms with van der Waals surface area (Å²) in [4.78, 5) is 42.1. The molecule has 1 atom stereocenters. The van der Waals surface area contributed by atoms with Crippen molar-refractivity contribution in [1.29, 1.82) is 0 Å². The first-order chi connectivity index (χ1) is 17.3. The zero-order valence-electron chi connectivity index (χ0n) is 20.3. The third-order valence-corrected chi connectivity index (χ3v) is 6.78. The van der Waals surface area contributed by atoms with Crippen molar-refractivity contribution in [2.75, 3.05) is 31.5 Å². The number of anilines is 2. The molecule has 2 amide bonds. The van der Waals surface area contributed by atoms with Crippen molar-refractivity contribution in [2.45, 2.75) is 30.4 Å². The van der Waals surface area contributed by atoms with Gasteiger partial charge in [0.05, 0.1) is 38.2 Å². The molecule has 0 aliphatic heterocycles. The third-order valence-electron chi connectivity index (χ3n) is 4.86. The van der Waals surface area contributed by atoms with E-state index in [1.54, 1.807) is 49.6 Å². The van der Waals surface area contributed by atoms with Crippen LogP contribution < -0.4 is 20.1 Å². The number of aromatic nitrogens is 1. The van der Waals surface area contributed by atoms with Crippen molar-refractivity contribution in [1.82, 2.24) is 4.98 Å². The van der Waals surface area contributed by atoms with Crippen molar-refractivity contribution >= 4 is 51.7 Å². The monoisotopic (exact) mass is 529 g/mol. The quantitative estimate of drug-likeness (QED) is 0.273. The van der Waals surface area contributed by atoms with Crippen molar-refractivity contribution in [2.24, 2.45) is 0 Å². The lowest BCUT2D eigenvalue weighted by Gasteiger charge is -2.14. The molecule has 1 unspecified atom stereocenters. The van der Waals surface area contributed by atoms with E-state index >= 15 is 0 Å². The Kier molecular flexibility index (Phi) is 9.71. The SMILES string of the molecule is CCOC(=O)Cc1csc(NC(=O)C(C)Sc2ccc(NC(=O)c3c(OC)cccc3OC)cc2)n1. The maximum atomic E-state index is 12.8. The fourth-order valence-corrected chi connectivity index (χ4v) is 4.74. The fraction of sp³-hybridized carbons (Fsp3) is 0.280. The zero-order chi connectivity index (χ0) is 26.1. The molecule has 0 saturated heterocycles. The van der Waals surface area contributed by atoms with Gasteiger partial charge in [0.15, 0.2) is 5.13 Å². The van der Waals surface area contributed by atoms with Gasteiger partial charge in [-0.25, -0.2) is 4.98 Å². The van der Waals surface area contributed by atoms with Gasteiger partial charge >= 0.3 is 5.97 Å². The van der Waals surface area contributed by atoms with Gasteiger partial charge in [0.25, 0.3) is 5.91 Å². The number of carbonyl (C=O) groups is 3. The predicted octanol–water partition coefficient (Wildman–Crippen LogP) is 4.64. The number of rotatable bonds is 11. The van der Waals surface area contributed by atoms with Crippen LogP contribution in [0.5, 0.6) is 11.5 Å². The van der Waals surface area contributed by atoms with E-state index in [1.165, 1.54) is 37.3 Å². The lowest BCUT2D eigenvalue weighted by molar-refractivity contribution is -0.142. The molecule has 0 fully saturated rings. The van der Waals surface area contributed by atoms with E-state index in [2.05, 4.69) is 15.6 Å². The number of thioether (sulfide) groups is 1. The highest BCUT2D eigenvalue weighted by molar-refractivity contribution is 8.00. The lowest BCUT2D eigenvalue weighted by atomic mass is 10.1. The number of ether oxygens (including phenoxy) is 3.